The molecule has 4 aromatic rings. The summed E-state index contributed by atoms with van der Waals surface area (Å²) >= 11 is 1.39. The van der Waals surface area contributed by atoms with E-state index in [0.717, 1.165) is 16.8 Å². The van der Waals surface area contributed by atoms with E-state index < -0.39 is 5.56 Å². The molecule has 8 nitrogen and oxygen atoms in total. The molecule has 9 heteroatoms. The highest BCUT2D eigenvalue weighted by molar-refractivity contribution is 7.98. The zero-order chi connectivity index (χ0) is 24.6. The molecule has 0 unspecified atom stereocenters. The van der Waals surface area contributed by atoms with Crippen molar-refractivity contribution in [3.05, 3.63) is 93.9 Å². The first-order valence-electron chi connectivity index (χ1n) is 10.7. The molecule has 2 N–H and O–H groups in total. The van der Waals surface area contributed by atoms with E-state index in [2.05, 4.69) is 26.3 Å². The lowest BCUT2D eigenvalue weighted by Crippen LogP contribution is -2.14. The summed E-state index contributed by atoms with van der Waals surface area (Å²) in [6.45, 7) is 0.627. The number of ether oxygens (including phenoxy) is 2. The number of pyridine rings is 1. The minimum Gasteiger partial charge on any atom is -0.497 e. The van der Waals surface area contributed by atoms with Gasteiger partial charge < -0.3 is 19.8 Å². The van der Waals surface area contributed by atoms with E-state index in [-0.39, 0.29) is 5.56 Å². The lowest BCUT2D eigenvalue weighted by Gasteiger charge is -2.10. The summed E-state index contributed by atoms with van der Waals surface area (Å²) in [6.07, 6.45) is 1.78. The number of aromatic nitrogens is 3. The number of aromatic amines is 1. The van der Waals surface area contributed by atoms with E-state index in [1.54, 1.807) is 44.7 Å². The topological polar surface area (TPSA) is 113 Å². The first kappa shape index (κ1) is 23.9. The molecule has 0 atom stereocenters. The zero-order valence-electron chi connectivity index (χ0n) is 19.2. The van der Waals surface area contributed by atoms with E-state index in [9.17, 15) is 10.1 Å². The van der Waals surface area contributed by atoms with Gasteiger partial charge in [0.15, 0.2) is 5.16 Å². The summed E-state index contributed by atoms with van der Waals surface area (Å²) < 4.78 is 10.4. The number of anilines is 1. The highest BCUT2D eigenvalue weighted by Gasteiger charge is 2.14. The normalized spacial score (nSPS) is 10.4. The number of thioether (sulfide) groups is 1. The van der Waals surface area contributed by atoms with Crippen LogP contribution in [-0.4, -0.2) is 29.2 Å². The number of nitriles is 1. The molecule has 0 saturated heterocycles. The van der Waals surface area contributed by atoms with Crippen LogP contribution in [0.5, 0.6) is 11.6 Å². The Bertz CT molecular complexity index is 1410. The Labute approximate surface area is 207 Å². The summed E-state index contributed by atoms with van der Waals surface area (Å²) in [7, 11) is 3.15. The van der Waals surface area contributed by atoms with Crippen molar-refractivity contribution in [2.45, 2.75) is 17.5 Å². The van der Waals surface area contributed by atoms with Crippen molar-refractivity contribution in [3.63, 3.8) is 0 Å². The molecule has 0 fully saturated rings. The quantitative estimate of drug-likeness (QED) is 0.261. The average Bonchev–Trinajstić information content (AvgIpc) is 2.91. The highest BCUT2D eigenvalue weighted by Crippen LogP contribution is 2.27. The number of nitrogens with zero attached hydrogens (tertiary/aromatic N) is 3. The van der Waals surface area contributed by atoms with E-state index >= 15 is 0 Å². The fourth-order valence-corrected chi connectivity index (χ4v) is 4.17. The van der Waals surface area contributed by atoms with Gasteiger partial charge in [0.05, 0.1) is 19.9 Å². The first-order chi connectivity index (χ1) is 17.1. The fourth-order valence-electron chi connectivity index (χ4n) is 3.37. The third-order valence-electron chi connectivity index (χ3n) is 5.16. The lowest BCUT2D eigenvalue weighted by molar-refractivity contribution is 0.397. The molecule has 0 spiro atoms. The van der Waals surface area contributed by atoms with E-state index in [1.807, 2.05) is 36.4 Å². The Morgan fingerprint density at radius 3 is 2.66 bits per heavy atom. The van der Waals surface area contributed by atoms with Gasteiger partial charge in [0.25, 0.3) is 5.56 Å². The van der Waals surface area contributed by atoms with Crippen LogP contribution in [0.25, 0.3) is 11.3 Å². The van der Waals surface area contributed by atoms with Crippen LogP contribution < -0.4 is 20.3 Å². The Morgan fingerprint density at radius 2 is 1.91 bits per heavy atom. The van der Waals surface area contributed by atoms with E-state index in [0.29, 0.717) is 40.3 Å². The number of methoxy groups -OCH3 is 2. The van der Waals surface area contributed by atoms with Crippen LogP contribution in [0.15, 0.2) is 76.8 Å². The van der Waals surface area contributed by atoms with Crippen LogP contribution in [-0.2, 0) is 12.3 Å². The van der Waals surface area contributed by atoms with Gasteiger partial charge in [-0.2, -0.15) is 5.26 Å². The second kappa shape index (κ2) is 11.2. The number of rotatable bonds is 9. The third kappa shape index (κ3) is 5.99. The molecule has 2 aromatic heterocycles. The minimum absolute atomic E-state index is 0.0261. The van der Waals surface area contributed by atoms with Crippen molar-refractivity contribution in [2.75, 3.05) is 19.5 Å². The van der Waals surface area contributed by atoms with Crippen LogP contribution in [0, 0.1) is 11.3 Å². The maximum Gasteiger partial charge on any atom is 0.270 e. The summed E-state index contributed by atoms with van der Waals surface area (Å²) in [4.78, 5) is 24.1. The highest BCUT2D eigenvalue weighted by atomic mass is 32.2. The van der Waals surface area contributed by atoms with Gasteiger partial charge in [-0.05, 0) is 35.4 Å². The van der Waals surface area contributed by atoms with Gasteiger partial charge in [-0.15, -0.1) is 0 Å². The Kier molecular flexibility index (Phi) is 7.65. The molecule has 0 aliphatic heterocycles. The molecule has 2 aromatic carbocycles. The molecular formula is C26H23N5O3S. The van der Waals surface area contributed by atoms with Crippen LogP contribution in [0.2, 0.25) is 0 Å². The number of hydrogen-bond donors (Lipinski definition) is 2. The van der Waals surface area contributed by atoms with Crippen molar-refractivity contribution >= 4 is 17.4 Å². The van der Waals surface area contributed by atoms with Gasteiger partial charge in [0, 0.05) is 35.8 Å². The summed E-state index contributed by atoms with van der Waals surface area (Å²) in [5.41, 5.74) is 3.55. The molecule has 0 radical (unpaired) electrons. The molecule has 0 aliphatic carbocycles. The predicted octanol–water partition coefficient (Wildman–Crippen LogP) is 4.63. The Hall–Kier alpha value is -4.29. The largest absolute Gasteiger partial charge is 0.497 e. The Balaban J connectivity index is 1.48. The number of benzene rings is 2. The summed E-state index contributed by atoms with van der Waals surface area (Å²) in [5, 5.41) is 13.3. The maximum atomic E-state index is 12.6. The van der Waals surface area contributed by atoms with Gasteiger partial charge in [0.1, 0.15) is 17.4 Å². The molecule has 176 valence electrons. The van der Waals surface area contributed by atoms with Crippen molar-refractivity contribution in [2.24, 2.45) is 0 Å². The van der Waals surface area contributed by atoms with Gasteiger partial charge in [-0.25, -0.2) is 9.97 Å². The van der Waals surface area contributed by atoms with Crippen LogP contribution in [0.3, 0.4) is 0 Å². The summed E-state index contributed by atoms with van der Waals surface area (Å²) in [5.74, 6) is 1.79. The fraction of sp³-hybridized carbons (Fsp3) is 0.154. The van der Waals surface area contributed by atoms with Gasteiger partial charge in [0.2, 0.25) is 5.88 Å². The molecule has 0 bridgehead atoms. The van der Waals surface area contributed by atoms with Crippen LogP contribution >= 0.6 is 11.8 Å². The number of nitrogens with one attached hydrogen (secondary N) is 2. The van der Waals surface area contributed by atoms with Crippen LogP contribution in [0.1, 0.15) is 16.7 Å². The lowest BCUT2D eigenvalue weighted by atomic mass is 10.1. The van der Waals surface area contributed by atoms with E-state index in [4.69, 9.17) is 9.47 Å². The zero-order valence-corrected chi connectivity index (χ0v) is 20.1. The second-order valence-electron chi connectivity index (χ2n) is 7.49. The van der Waals surface area contributed by atoms with E-state index in [1.165, 1.54) is 11.8 Å². The third-order valence-corrected chi connectivity index (χ3v) is 6.10. The number of hydrogen-bond acceptors (Lipinski definition) is 8. The van der Waals surface area contributed by atoms with Gasteiger partial charge in [-0.3, -0.25) is 4.79 Å². The van der Waals surface area contributed by atoms with Crippen molar-refractivity contribution < 1.29 is 9.47 Å². The van der Waals surface area contributed by atoms with Gasteiger partial charge >= 0.3 is 0 Å². The standard InChI is InChI=1S/C26H23N5O3S/c1-33-21-8-4-6-19(12-21)24-22(13-27)25(32)31-26(30-24)35-16-17-5-3-7-20(11-17)28-14-18-9-10-23(34-2)29-15-18/h3-12,15,28H,14,16H2,1-2H3,(H,30,31,32). The molecule has 4 rings (SSSR count). The van der Waals surface area contributed by atoms with Crippen molar-refractivity contribution in [1.29, 1.82) is 5.26 Å². The molecule has 35 heavy (non-hydrogen) atoms. The second-order valence-corrected chi connectivity index (χ2v) is 8.45. The predicted molar refractivity (Wildman–Crippen MR) is 136 cm³/mol. The monoisotopic (exact) mass is 485 g/mol. The molecule has 0 amide bonds. The molecule has 0 saturated carbocycles. The smallest absolute Gasteiger partial charge is 0.270 e. The molecular weight excluding hydrogens is 462 g/mol. The maximum absolute atomic E-state index is 12.6. The summed E-state index contributed by atoms with van der Waals surface area (Å²) in [6, 6.07) is 20.9. The molecule has 0 aliphatic rings. The minimum atomic E-state index is -0.466. The van der Waals surface area contributed by atoms with Gasteiger partial charge in [-0.1, -0.05) is 42.1 Å². The average molecular weight is 486 g/mol. The SMILES string of the molecule is COc1cccc(-c2nc(SCc3cccc(NCc4ccc(OC)nc4)c3)[nH]c(=O)c2C#N)c1. The Morgan fingerprint density at radius 1 is 1.06 bits per heavy atom. The van der Waals surface area contributed by atoms with Crippen molar-refractivity contribution in [1.82, 2.24) is 15.0 Å². The number of H-pyrrole nitrogens is 1. The molecule has 2 heterocycles. The van der Waals surface area contributed by atoms with Crippen LogP contribution in [0.4, 0.5) is 5.69 Å². The first-order valence-corrected chi connectivity index (χ1v) is 11.7. The van der Waals surface area contributed by atoms with Crippen molar-refractivity contribution in [3.8, 4) is 29.0 Å².